The second kappa shape index (κ2) is 8.02. The molecule has 1 aromatic carbocycles. The fraction of sp³-hybridized carbons (Fsp3) is 0.500. The van der Waals surface area contributed by atoms with E-state index in [2.05, 4.69) is 5.32 Å². The molecule has 5 heteroatoms. The van der Waals surface area contributed by atoms with Crippen LogP contribution in [0.5, 0.6) is 5.75 Å². The molecule has 1 fully saturated rings. The number of amides is 1. The van der Waals surface area contributed by atoms with E-state index in [1.807, 2.05) is 30.3 Å². The summed E-state index contributed by atoms with van der Waals surface area (Å²) in [4.78, 5) is 11.7. The third-order valence-electron chi connectivity index (χ3n) is 3.25. The molecule has 1 aromatic rings. The summed E-state index contributed by atoms with van der Waals surface area (Å²) in [5.41, 5.74) is 5.83. The van der Waals surface area contributed by atoms with Crippen molar-refractivity contribution < 1.29 is 9.53 Å². The van der Waals surface area contributed by atoms with Gasteiger partial charge in [0.1, 0.15) is 5.75 Å². The number of benzene rings is 1. The van der Waals surface area contributed by atoms with E-state index in [0.717, 1.165) is 31.4 Å². The lowest BCUT2D eigenvalue weighted by atomic mass is 9.92. The van der Waals surface area contributed by atoms with E-state index >= 15 is 0 Å². The summed E-state index contributed by atoms with van der Waals surface area (Å²) in [6.45, 7) is 0.0760. The van der Waals surface area contributed by atoms with E-state index in [1.165, 1.54) is 0 Å². The zero-order chi connectivity index (χ0) is 12.8. The molecule has 0 unspecified atom stereocenters. The maximum atomic E-state index is 11.7. The maximum absolute atomic E-state index is 11.7. The number of rotatable bonds is 4. The predicted octanol–water partition coefficient (Wildman–Crippen LogP) is 1.87. The van der Waals surface area contributed by atoms with Crippen LogP contribution < -0.4 is 15.8 Å². The monoisotopic (exact) mass is 284 g/mol. The third kappa shape index (κ3) is 5.49. The highest BCUT2D eigenvalue weighted by molar-refractivity contribution is 5.85. The minimum Gasteiger partial charge on any atom is -0.484 e. The third-order valence-corrected chi connectivity index (χ3v) is 3.25. The van der Waals surface area contributed by atoms with E-state index in [1.54, 1.807) is 0 Å². The van der Waals surface area contributed by atoms with Crippen LogP contribution >= 0.6 is 12.4 Å². The molecule has 0 aliphatic heterocycles. The van der Waals surface area contributed by atoms with Crippen molar-refractivity contribution in [3.05, 3.63) is 30.3 Å². The summed E-state index contributed by atoms with van der Waals surface area (Å²) in [5, 5.41) is 2.99. The molecule has 3 N–H and O–H groups in total. The molecule has 19 heavy (non-hydrogen) atoms. The van der Waals surface area contributed by atoms with Crippen molar-refractivity contribution in [1.82, 2.24) is 5.32 Å². The van der Waals surface area contributed by atoms with Crippen LogP contribution in [0.2, 0.25) is 0 Å². The average molecular weight is 285 g/mol. The molecule has 1 saturated carbocycles. The minimum atomic E-state index is -0.0562. The number of carbonyl (C=O) groups is 1. The lowest BCUT2D eigenvalue weighted by molar-refractivity contribution is -0.124. The van der Waals surface area contributed by atoms with Gasteiger partial charge < -0.3 is 15.8 Å². The minimum absolute atomic E-state index is 0. The van der Waals surface area contributed by atoms with Gasteiger partial charge >= 0.3 is 0 Å². The number of nitrogens with one attached hydrogen (secondary N) is 1. The molecule has 0 heterocycles. The summed E-state index contributed by atoms with van der Waals surface area (Å²) < 4.78 is 5.39. The van der Waals surface area contributed by atoms with Gasteiger partial charge in [0.2, 0.25) is 0 Å². The Labute approximate surface area is 120 Å². The van der Waals surface area contributed by atoms with Crippen LogP contribution in [0.1, 0.15) is 25.7 Å². The molecule has 0 bridgehead atoms. The SMILES string of the molecule is Cl.NC1CCC(NC(=O)COc2ccccc2)CC1. The Morgan fingerprint density at radius 2 is 1.84 bits per heavy atom. The van der Waals surface area contributed by atoms with Gasteiger partial charge in [0, 0.05) is 12.1 Å². The summed E-state index contributed by atoms with van der Waals surface area (Å²) >= 11 is 0. The number of nitrogens with two attached hydrogens (primary N) is 1. The molecule has 0 atom stereocenters. The van der Waals surface area contributed by atoms with Gasteiger partial charge in [-0.25, -0.2) is 0 Å². The quantitative estimate of drug-likeness (QED) is 0.887. The molecule has 4 nitrogen and oxygen atoms in total. The van der Waals surface area contributed by atoms with Crippen molar-refractivity contribution in [3.63, 3.8) is 0 Å². The molecule has 0 radical (unpaired) electrons. The predicted molar refractivity (Wildman–Crippen MR) is 77.6 cm³/mol. The smallest absolute Gasteiger partial charge is 0.258 e. The number of hydrogen-bond donors (Lipinski definition) is 2. The Morgan fingerprint density at radius 3 is 2.47 bits per heavy atom. The zero-order valence-corrected chi connectivity index (χ0v) is 11.7. The number of para-hydroxylation sites is 1. The Balaban J connectivity index is 0.00000180. The van der Waals surface area contributed by atoms with Crippen LogP contribution in [0.15, 0.2) is 30.3 Å². The van der Waals surface area contributed by atoms with E-state index < -0.39 is 0 Å². The summed E-state index contributed by atoms with van der Waals surface area (Å²) in [7, 11) is 0. The first-order chi connectivity index (χ1) is 8.74. The first-order valence-corrected chi connectivity index (χ1v) is 6.47. The Kier molecular flexibility index (Phi) is 6.67. The van der Waals surface area contributed by atoms with Crippen molar-refractivity contribution in [2.75, 3.05) is 6.61 Å². The molecule has 0 saturated heterocycles. The number of hydrogen-bond acceptors (Lipinski definition) is 3. The molecular weight excluding hydrogens is 264 g/mol. The van der Waals surface area contributed by atoms with E-state index in [9.17, 15) is 4.79 Å². The number of ether oxygens (including phenoxy) is 1. The van der Waals surface area contributed by atoms with Gasteiger partial charge in [-0.05, 0) is 37.8 Å². The van der Waals surface area contributed by atoms with Gasteiger partial charge in [-0.15, -0.1) is 12.4 Å². The average Bonchev–Trinajstić information content (AvgIpc) is 2.40. The molecule has 1 aliphatic carbocycles. The highest BCUT2D eigenvalue weighted by Gasteiger charge is 2.19. The van der Waals surface area contributed by atoms with E-state index in [-0.39, 0.29) is 31.0 Å². The normalized spacial score (nSPS) is 22.2. The van der Waals surface area contributed by atoms with Crippen LogP contribution in [0.4, 0.5) is 0 Å². The standard InChI is InChI=1S/C14H20N2O2.ClH/c15-11-6-8-12(9-7-11)16-14(17)10-18-13-4-2-1-3-5-13;/h1-5,11-12H,6-10,15H2,(H,16,17);1H. The molecule has 0 spiro atoms. The number of carbonyl (C=O) groups excluding carboxylic acids is 1. The van der Waals surface area contributed by atoms with Crippen molar-refractivity contribution >= 4 is 18.3 Å². The summed E-state index contributed by atoms with van der Waals surface area (Å²) in [6, 6.07) is 9.93. The molecule has 1 aliphatic rings. The van der Waals surface area contributed by atoms with Crippen LogP contribution in [0, 0.1) is 0 Å². The highest BCUT2D eigenvalue weighted by Crippen LogP contribution is 2.16. The molecule has 1 amide bonds. The van der Waals surface area contributed by atoms with Crippen molar-refractivity contribution in [2.45, 2.75) is 37.8 Å². The van der Waals surface area contributed by atoms with Gasteiger partial charge in [-0.3, -0.25) is 4.79 Å². The largest absolute Gasteiger partial charge is 0.484 e. The topological polar surface area (TPSA) is 64.3 Å². The fourth-order valence-electron chi connectivity index (χ4n) is 2.20. The molecule has 106 valence electrons. The van der Waals surface area contributed by atoms with Gasteiger partial charge in [0.15, 0.2) is 6.61 Å². The highest BCUT2D eigenvalue weighted by atomic mass is 35.5. The lowest BCUT2D eigenvalue weighted by Crippen LogP contribution is -2.42. The van der Waals surface area contributed by atoms with Crippen LogP contribution in [0.3, 0.4) is 0 Å². The Hall–Kier alpha value is -1.26. The lowest BCUT2D eigenvalue weighted by Gasteiger charge is -2.26. The van der Waals surface area contributed by atoms with Crippen LogP contribution in [0.25, 0.3) is 0 Å². The first-order valence-electron chi connectivity index (χ1n) is 6.47. The van der Waals surface area contributed by atoms with Gasteiger partial charge in [0.05, 0.1) is 0 Å². The maximum Gasteiger partial charge on any atom is 0.258 e. The van der Waals surface area contributed by atoms with Crippen LogP contribution in [-0.4, -0.2) is 24.6 Å². The summed E-state index contributed by atoms with van der Waals surface area (Å²) in [6.07, 6.45) is 3.92. The molecule has 0 aromatic heterocycles. The Morgan fingerprint density at radius 1 is 1.21 bits per heavy atom. The van der Waals surface area contributed by atoms with E-state index in [0.29, 0.717) is 6.04 Å². The Bertz CT molecular complexity index is 378. The fourth-order valence-corrected chi connectivity index (χ4v) is 2.20. The molecule has 2 rings (SSSR count). The van der Waals surface area contributed by atoms with Crippen molar-refractivity contribution in [3.8, 4) is 5.75 Å². The van der Waals surface area contributed by atoms with Gasteiger partial charge in [0.25, 0.3) is 5.91 Å². The van der Waals surface area contributed by atoms with Crippen molar-refractivity contribution in [1.29, 1.82) is 0 Å². The second-order valence-corrected chi connectivity index (χ2v) is 4.78. The van der Waals surface area contributed by atoms with Crippen molar-refractivity contribution in [2.24, 2.45) is 5.73 Å². The molecular formula is C14H21ClN2O2. The summed E-state index contributed by atoms with van der Waals surface area (Å²) in [5.74, 6) is 0.664. The number of halogens is 1. The van der Waals surface area contributed by atoms with Gasteiger partial charge in [-0.2, -0.15) is 0 Å². The first kappa shape index (κ1) is 15.8. The zero-order valence-electron chi connectivity index (χ0n) is 10.9. The second-order valence-electron chi connectivity index (χ2n) is 4.78. The van der Waals surface area contributed by atoms with Crippen LogP contribution in [-0.2, 0) is 4.79 Å². The van der Waals surface area contributed by atoms with E-state index in [4.69, 9.17) is 10.5 Å². The van der Waals surface area contributed by atoms with Gasteiger partial charge in [-0.1, -0.05) is 18.2 Å².